The Bertz CT molecular complexity index is 301. The van der Waals surface area contributed by atoms with Crippen molar-refractivity contribution in [3.8, 4) is 18.2 Å². The third-order valence-corrected chi connectivity index (χ3v) is 1.20. The Balaban J connectivity index is 3.15. The highest BCUT2D eigenvalue weighted by atomic mass is 16.5. The Morgan fingerprint density at radius 2 is 2.36 bits per heavy atom. The number of hydrogen-bond donors (Lipinski definition) is 1. The molecule has 0 aliphatic carbocycles. The normalized spacial score (nSPS) is 8.73. The fourth-order valence-corrected chi connectivity index (χ4v) is 0.714. The van der Waals surface area contributed by atoms with Gasteiger partial charge in [-0.1, -0.05) is 5.92 Å². The molecular weight excluding hydrogens is 140 g/mol. The number of nitrogen functional groups attached to an aromatic ring is 1. The number of hydrogen-bond acceptors (Lipinski definition) is 3. The van der Waals surface area contributed by atoms with Crippen molar-refractivity contribution in [2.24, 2.45) is 0 Å². The topological polar surface area (TPSA) is 48.1 Å². The minimum absolute atomic E-state index is 0.373. The van der Waals surface area contributed by atoms with Crippen LogP contribution >= 0.6 is 0 Å². The van der Waals surface area contributed by atoms with Crippen LogP contribution in [-0.4, -0.2) is 12.1 Å². The van der Waals surface area contributed by atoms with E-state index in [0.717, 1.165) is 0 Å². The summed E-state index contributed by atoms with van der Waals surface area (Å²) in [6.45, 7) is 0. The zero-order valence-electron chi connectivity index (χ0n) is 6.16. The lowest BCUT2D eigenvalue weighted by Crippen LogP contribution is -1.94. The number of aromatic nitrogens is 1. The molecule has 3 nitrogen and oxygen atoms in total. The second-order valence-electron chi connectivity index (χ2n) is 1.97. The third kappa shape index (κ3) is 1.62. The highest BCUT2D eigenvalue weighted by Gasteiger charge is 1.96. The summed E-state index contributed by atoms with van der Waals surface area (Å²) in [5.41, 5.74) is 6.10. The summed E-state index contributed by atoms with van der Waals surface area (Å²) in [6, 6.07) is 3.26. The Morgan fingerprint density at radius 1 is 1.64 bits per heavy atom. The molecule has 0 saturated carbocycles. The van der Waals surface area contributed by atoms with E-state index in [2.05, 4.69) is 10.9 Å². The Kier molecular flexibility index (Phi) is 1.98. The average molecular weight is 148 g/mol. The van der Waals surface area contributed by atoms with Crippen LogP contribution in [0.15, 0.2) is 12.1 Å². The lowest BCUT2D eigenvalue weighted by molar-refractivity contribution is 0.398. The molecule has 0 amide bonds. The molecule has 1 heterocycles. The van der Waals surface area contributed by atoms with Crippen molar-refractivity contribution in [2.45, 2.75) is 0 Å². The number of methoxy groups -OCH3 is 1. The third-order valence-electron chi connectivity index (χ3n) is 1.20. The molecule has 0 fully saturated rings. The molecule has 0 bridgehead atoms. The van der Waals surface area contributed by atoms with E-state index in [-0.39, 0.29) is 0 Å². The highest BCUT2D eigenvalue weighted by molar-refractivity contribution is 5.44. The first kappa shape index (κ1) is 7.42. The number of pyridine rings is 1. The maximum absolute atomic E-state index is 5.42. The number of terminal acetylenes is 1. The molecule has 1 aromatic rings. The zero-order chi connectivity index (χ0) is 8.27. The largest absolute Gasteiger partial charge is 0.481 e. The van der Waals surface area contributed by atoms with Gasteiger partial charge in [-0.05, 0) is 6.07 Å². The second-order valence-corrected chi connectivity index (χ2v) is 1.97. The van der Waals surface area contributed by atoms with Gasteiger partial charge in [-0.15, -0.1) is 6.42 Å². The molecule has 0 spiro atoms. The summed E-state index contributed by atoms with van der Waals surface area (Å²) in [7, 11) is 1.52. The van der Waals surface area contributed by atoms with Gasteiger partial charge in [0.25, 0.3) is 0 Å². The number of ether oxygens (including phenoxy) is 1. The van der Waals surface area contributed by atoms with Gasteiger partial charge in [-0.3, -0.25) is 0 Å². The van der Waals surface area contributed by atoms with Crippen LogP contribution in [0.25, 0.3) is 0 Å². The van der Waals surface area contributed by atoms with Crippen molar-refractivity contribution in [3.05, 3.63) is 17.7 Å². The maximum Gasteiger partial charge on any atom is 0.216 e. The molecule has 0 aromatic carbocycles. The van der Waals surface area contributed by atoms with Crippen molar-refractivity contribution >= 4 is 5.82 Å². The fraction of sp³-hybridized carbons (Fsp3) is 0.125. The van der Waals surface area contributed by atoms with Crippen molar-refractivity contribution < 1.29 is 4.74 Å². The number of nitrogens with two attached hydrogens (primary N) is 1. The van der Waals surface area contributed by atoms with Gasteiger partial charge in [0.05, 0.1) is 7.11 Å². The highest BCUT2D eigenvalue weighted by Crippen LogP contribution is 2.11. The molecule has 0 unspecified atom stereocenters. The van der Waals surface area contributed by atoms with Crippen molar-refractivity contribution in [1.29, 1.82) is 0 Å². The molecular formula is C8H8N2O. The van der Waals surface area contributed by atoms with E-state index in [1.807, 2.05) is 0 Å². The quantitative estimate of drug-likeness (QED) is 0.595. The minimum atomic E-state index is 0.373. The molecule has 3 heteroatoms. The van der Waals surface area contributed by atoms with E-state index in [1.165, 1.54) is 7.11 Å². The molecule has 1 aromatic heterocycles. The van der Waals surface area contributed by atoms with E-state index in [4.69, 9.17) is 16.9 Å². The zero-order valence-corrected chi connectivity index (χ0v) is 6.16. The molecule has 0 aliphatic heterocycles. The lowest BCUT2D eigenvalue weighted by Gasteiger charge is -1.99. The van der Waals surface area contributed by atoms with Gasteiger partial charge >= 0.3 is 0 Å². The Labute approximate surface area is 65.2 Å². The average Bonchev–Trinajstić information content (AvgIpc) is 2.03. The molecule has 11 heavy (non-hydrogen) atoms. The van der Waals surface area contributed by atoms with E-state index in [9.17, 15) is 0 Å². The first-order valence-electron chi connectivity index (χ1n) is 3.04. The predicted octanol–water partition coefficient (Wildman–Crippen LogP) is 0.654. The summed E-state index contributed by atoms with van der Waals surface area (Å²) in [6.07, 6.45) is 5.15. The second kappa shape index (κ2) is 2.93. The van der Waals surface area contributed by atoms with Gasteiger partial charge in [-0.25, -0.2) is 0 Å². The standard InChI is InChI=1S/C8H8N2O/c1-3-6-4-7(9)10-8(5-6)11-2/h1,4-5H,2H3,(H2,9,10). The van der Waals surface area contributed by atoms with Crippen LogP contribution in [-0.2, 0) is 0 Å². The number of anilines is 1. The van der Waals surface area contributed by atoms with E-state index < -0.39 is 0 Å². The molecule has 0 aliphatic rings. The van der Waals surface area contributed by atoms with Crippen LogP contribution in [0.3, 0.4) is 0 Å². The maximum atomic E-state index is 5.42. The minimum Gasteiger partial charge on any atom is -0.481 e. The summed E-state index contributed by atoms with van der Waals surface area (Å²) >= 11 is 0. The van der Waals surface area contributed by atoms with E-state index in [0.29, 0.717) is 17.3 Å². The Morgan fingerprint density at radius 3 is 2.91 bits per heavy atom. The number of nitrogens with zero attached hydrogens (tertiary/aromatic N) is 1. The number of rotatable bonds is 1. The van der Waals surface area contributed by atoms with E-state index in [1.54, 1.807) is 12.1 Å². The molecule has 0 atom stereocenters. The molecule has 1 rings (SSSR count). The summed E-state index contributed by atoms with van der Waals surface area (Å²) in [5.74, 6) is 3.26. The molecule has 0 saturated heterocycles. The van der Waals surface area contributed by atoms with Crippen LogP contribution in [0.1, 0.15) is 5.56 Å². The molecule has 2 N–H and O–H groups in total. The van der Waals surface area contributed by atoms with Crippen LogP contribution < -0.4 is 10.5 Å². The first-order chi connectivity index (χ1) is 5.26. The van der Waals surface area contributed by atoms with Crippen LogP contribution in [0, 0.1) is 12.3 Å². The Hall–Kier alpha value is -1.69. The monoisotopic (exact) mass is 148 g/mol. The van der Waals surface area contributed by atoms with Gasteiger partial charge in [0.2, 0.25) is 5.88 Å². The summed E-state index contributed by atoms with van der Waals surface area (Å²) < 4.78 is 4.85. The van der Waals surface area contributed by atoms with Crippen LogP contribution in [0.5, 0.6) is 5.88 Å². The van der Waals surface area contributed by atoms with Gasteiger partial charge in [0.15, 0.2) is 0 Å². The van der Waals surface area contributed by atoms with Crippen LogP contribution in [0.2, 0.25) is 0 Å². The van der Waals surface area contributed by atoms with Gasteiger partial charge in [-0.2, -0.15) is 4.98 Å². The van der Waals surface area contributed by atoms with E-state index >= 15 is 0 Å². The first-order valence-corrected chi connectivity index (χ1v) is 3.04. The fourth-order valence-electron chi connectivity index (χ4n) is 0.714. The lowest BCUT2D eigenvalue weighted by atomic mass is 10.3. The van der Waals surface area contributed by atoms with Gasteiger partial charge in [0, 0.05) is 11.6 Å². The van der Waals surface area contributed by atoms with Gasteiger partial charge in [0.1, 0.15) is 5.82 Å². The van der Waals surface area contributed by atoms with Gasteiger partial charge < -0.3 is 10.5 Å². The molecule has 56 valence electrons. The summed E-state index contributed by atoms with van der Waals surface area (Å²) in [4.78, 5) is 3.86. The summed E-state index contributed by atoms with van der Waals surface area (Å²) in [5, 5.41) is 0. The van der Waals surface area contributed by atoms with Crippen molar-refractivity contribution in [2.75, 3.05) is 12.8 Å². The van der Waals surface area contributed by atoms with Crippen LogP contribution in [0.4, 0.5) is 5.82 Å². The van der Waals surface area contributed by atoms with Crippen molar-refractivity contribution in [1.82, 2.24) is 4.98 Å². The van der Waals surface area contributed by atoms with Crippen molar-refractivity contribution in [3.63, 3.8) is 0 Å². The smallest absolute Gasteiger partial charge is 0.216 e. The SMILES string of the molecule is C#Cc1cc(N)nc(OC)c1. The predicted molar refractivity (Wildman–Crippen MR) is 43.1 cm³/mol. The molecule has 0 radical (unpaired) electrons.